The molecular weight excluding hydrogens is 316 g/mol. The molecule has 0 aromatic heterocycles. The summed E-state index contributed by atoms with van der Waals surface area (Å²) in [6.45, 7) is 6.98. The molecule has 26 heavy (non-hydrogen) atoms. The molecule has 2 aromatic carbocycles. The van der Waals surface area contributed by atoms with Crippen molar-refractivity contribution in [3.8, 4) is 0 Å². The third-order valence-electron chi connectivity index (χ3n) is 5.54. The summed E-state index contributed by atoms with van der Waals surface area (Å²) in [7, 11) is 0. The summed E-state index contributed by atoms with van der Waals surface area (Å²) < 4.78 is 0. The van der Waals surface area contributed by atoms with E-state index in [4.69, 9.17) is 0 Å². The Morgan fingerprint density at radius 1 is 0.731 bits per heavy atom. The fraction of sp³-hybridized carbons (Fsp3) is 0.520. The monoisotopic (exact) mass is 352 g/mol. The maximum absolute atomic E-state index is 10.4. The summed E-state index contributed by atoms with van der Waals surface area (Å²) in [6, 6.07) is 21.2. The van der Waals surface area contributed by atoms with Gasteiger partial charge in [-0.1, -0.05) is 94.3 Å². The van der Waals surface area contributed by atoms with E-state index in [1.807, 2.05) is 18.2 Å². The van der Waals surface area contributed by atoms with Crippen molar-refractivity contribution in [1.82, 2.24) is 0 Å². The molecule has 0 bridgehead atoms. The SMILES string of the molecule is CC(C)[C@@H](CCC[C@H](C)C[C@H](O)Cc1ccccc1)Cc1ccccc1. The number of aliphatic hydroxyl groups excluding tert-OH is 1. The van der Waals surface area contributed by atoms with E-state index >= 15 is 0 Å². The first-order chi connectivity index (χ1) is 12.5. The van der Waals surface area contributed by atoms with Gasteiger partial charge in [-0.05, 0) is 54.6 Å². The first-order valence-electron chi connectivity index (χ1n) is 10.3. The van der Waals surface area contributed by atoms with Crippen molar-refractivity contribution in [3.05, 3.63) is 71.8 Å². The number of hydrogen-bond acceptors (Lipinski definition) is 1. The molecule has 0 unspecified atom stereocenters. The van der Waals surface area contributed by atoms with Crippen LogP contribution in [-0.4, -0.2) is 11.2 Å². The number of hydrogen-bond donors (Lipinski definition) is 1. The Bertz CT molecular complexity index is 590. The molecule has 2 rings (SSSR count). The highest BCUT2D eigenvalue weighted by Crippen LogP contribution is 2.25. The maximum Gasteiger partial charge on any atom is 0.0583 e. The number of benzene rings is 2. The van der Waals surface area contributed by atoms with Gasteiger partial charge < -0.3 is 5.11 Å². The molecule has 3 atom stereocenters. The van der Waals surface area contributed by atoms with Crippen molar-refractivity contribution >= 4 is 0 Å². The number of aliphatic hydroxyl groups is 1. The highest BCUT2D eigenvalue weighted by Gasteiger charge is 2.16. The van der Waals surface area contributed by atoms with Crippen molar-refractivity contribution < 1.29 is 5.11 Å². The van der Waals surface area contributed by atoms with Crippen molar-refractivity contribution in [2.24, 2.45) is 17.8 Å². The minimum absolute atomic E-state index is 0.224. The summed E-state index contributed by atoms with van der Waals surface area (Å²) in [4.78, 5) is 0. The quantitative estimate of drug-likeness (QED) is 0.503. The van der Waals surface area contributed by atoms with E-state index in [1.54, 1.807) is 0 Å². The van der Waals surface area contributed by atoms with Crippen LogP contribution in [0, 0.1) is 17.8 Å². The third kappa shape index (κ3) is 7.74. The Hall–Kier alpha value is -1.60. The first-order valence-corrected chi connectivity index (χ1v) is 10.3. The molecule has 1 nitrogen and oxygen atoms in total. The van der Waals surface area contributed by atoms with E-state index in [-0.39, 0.29) is 6.10 Å². The molecule has 1 N–H and O–H groups in total. The Balaban J connectivity index is 1.70. The Kier molecular flexibility index (Phi) is 8.91. The predicted molar refractivity (Wildman–Crippen MR) is 112 cm³/mol. The minimum atomic E-state index is -0.224. The lowest BCUT2D eigenvalue weighted by molar-refractivity contribution is 0.142. The Labute approximate surface area is 160 Å². The highest BCUT2D eigenvalue weighted by molar-refractivity contribution is 5.16. The van der Waals surface area contributed by atoms with Crippen molar-refractivity contribution in [3.63, 3.8) is 0 Å². The van der Waals surface area contributed by atoms with Gasteiger partial charge in [-0.2, -0.15) is 0 Å². The molecule has 0 heterocycles. The van der Waals surface area contributed by atoms with Crippen LogP contribution >= 0.6 is 0 Å². The average Bonchev–Trinajstić information content (AvgIpc) is 2.62. The molecule has 0 fully saturated rings. The molecule has 0 aliphatic carbocycles. The molecular formula is C25H36O. The van der Waals surface area contributed by atoms with Crippen LogP contribution in [-0.2, 0) is 12.8 Å². The largest absolute Gasteiger partial charge is 0.393 e. The summed E-state index contributed by atoms with van der Waals surface area (Å²) in [5.41, 5.74) is 2.69. The number of rotatable bonds is 11. The zero-order valence-corrected chi connectivity index (χ0v) is 16.8. The Morgan fingerprint density at radius 2 is 1.27 bits per heavy atom. The fourth-order valence-electron chi connectivity index (χ4n) is 3.87. The molecule has 0 saturated carbocycles. The van der Waals surface area contributed by atoms with Gasteiger partial charge in [0.1, 0.15) is 0 Å². The van der Waals surface area contributed by atoms with Crippen LogP contribution in [0.3, 0.4) is 0 Å². The van der Waals surface area contributed by atoms with Crippen molar-refractivity contribution in [2.75, 3.05) is 0 Å². The van der Waals surface area contributed by atoms with Gasteiger partial charge in [-0.25, -0.2) is 0 Å². The zero-order chi connectivity index (χ0) is 18.8. The smallest absolute Gasteiger partial charge is 0.0583 e. The first kappa shape index (κ1) is 20.7. The maximum atomic E-state index is 10.4. The van der Waals surface area contributed by atoms with Crippen LogP contribution in [0.15, 0.2) is 60.7 Å². The van der Waals surface area contributed by atoms with E-state index in [2.05, 4.69) is 63.2 Å². The fourth-order valence-corrected chi connectivity index (χ4v) is 3.87. The molecule has 1 heteroatoms. The lowest BCUT2D eigenvalue weighted by Crippen LogP contribution is -2.16. The Morgan fingerprint density at radius 3 is 1.81 bits per heavy atom. The third-order valence-corrected chi connectivity index (χ3v) is 5.54. The molecule has 0 amide bonds. The summed E-state index contributed by atoms with van der Waals surface area (Å²) in [6.07, 6.45) is 6.39. The molecule has 0 spiro atoms. The van der Waals surface area contributed by atoms with E-state index < -0.39 is 0 Å². The molecule has 0 aliphatic heterocycles. The van der Waals surface area contributed by atoms with Gasteiger partial charge in [0.05, 0.1) is 6.10 Å². The van der Waals surface area contributed by atoms with Crippen molar-refractivity contribution in [2.45, 2.75) is 65.4 Å². The lowest BCUT2D eigenvalue weighted by Gasteiger charge is -2.22. The standard InChI is InChI=1S/C25H36O/c1-20(2)24(18-22-12-6-4-7-13-22)16-10-11-21(3)17-25(26)19-23-14-8-5-9-15-23/h4-9,12-15,20-21,24-26H,10-11,16-19H2,1-3H3/t21-,24-,25-/m0/s1. The van der Waals surface area contributed by atoms with Gasteiger partial charge in [-0.15, -0.1) is 0 Å². The van der Waals surface area contributed by atoms with Gasteiger partial charge in [0, 0.05) is 0 Å². The van der Waals surface area contributed by atoms with Gasteiger partial charge in [-0.3, -0.25) is 0 Å². The van der Waals surface area contributed by atoms with Crippen LogP contribution in [0.1, 0.15) is 57.6 Å². The summed E-state index contributed by atoms with van der Waals surface area (Å²) in [5, 5.41) is 10.4. The minimum Gasteiger partial charge on any atom is -0.393 e. The highest BCUT2D eigenvalue weighted by atomic mass is 16.3. The zero-order valence-electron chi connectivity index (χ0n) is 16.8. The second-order valence-electron chi connectivity index (χ2n) is 8.31. The van der Waals surface area contributed by atoms with E-state index in [0.29, 0.717) is 11.8 Å². The van der Waals surface area contributed by atoms with E-state index in [9.17, 15) is 5.11 Å². The lowest BCUT2D eigenvalue weighted by atomic mass is 9.84. The molecule has 2 aromatic rings. The van der Waals surface area contributed by atoms with Gasteiger partial charge in [0.15, 0.2) is 0 Å². The topological polar surface area (TPSA) is 20.2 Å². The second-order valence-corrected chi connectivity index (χ2v) is 8.31. The van der Waals surface area contributed by atoms with Gasteiger partial charge in [0.25, 0.3) is 0 Å². The van der Waals surface area contributed by atoms with Crippen molar-refractivity contribution in [1.29, 1.82) is 0 Å². The average molecular weight is 353 g/mol. The summed E-state index contributed by atoms with van der Waals surface area (Å²) >= 11 is 0. The van der Waals surface area contributed by atoms with Crippen LogP contribution < -0.4 is 0 Å². The van der Waals surface area contributed by atoms with Crippen LogP contribution in [0.25, 0.3) is 0 Å². The van der Waals surface area contributed by atoms with Crippen LogP contribution in [0.2, 0.25) is 0 Å². The molecule has 0 aliphatic rings. The van der Waals surface area contributed by atoms with Crippen LogP contribution in [0.5, 0.6) is 0 Å². The molecule has 0 radical (unpaired) electrons. The second kappa shape index (κ2) is 11.2. The summed E-state index contributed by atoms with van der Waals surface area (Å²) in [5.74, 6) is 2.05. The molecule has 142 valence electrons. The van der Waals surface area contributed by atoms with Crippen LogP contribution in [0.4, 0.5) is 0 Å². The predicted octanol–water partition coefficient (Wildman–Crippen LogP) is 6.30. The van der Waals surface area contributed by atoms with E-state index in [0.717, 1.165) is 18.8 Å². The van der Waals surface area contributed by atoms with E-state index in [1.165, 1.54) is 36.8 Å². The van der Waals surface area contributed by atoms with Gasteiger partial charge >= 0.3 is 0 Å². The van der Waals surface area contributed by atoms with Gasteiger partial charge in [0.2, 0.25) is 0 Å². The molecule has 0 saturated heterocycles. The normalized spacial score (nSPS) is 15.0.